The number of rotatable bonds is 6. The van der Waals surface area contributed by atoms with Gasteiger partial charge in [0.1, 0.15) is 11.3 Å². The fourth-order valence-electron chi connectivity index (χ4n) is 3.27. The molecule has 2 aromatic carbocycles. The van der Waals surface area contributed by atoms with E-state index in [2.05, 4.69) is 9.98 Å². The molecule has 9 nitrogen and oxygen atoms in total. The van der Waals surface area contributed by atoms with Gasteiger partial charge in [-0.1, -0.05) is 24.3 Å². The molecule has 32 heavy (non-hydrogen) atoms. The van der Waals surface area contributed by atoms with E-state index >= 15 is 0 Å². The lowest BCUT2D eigenvalue weighted by Gasteiger charge is -2.12. The number of hydrogen-bond donors (Lipinski definition) is 1. The molecule has 0 spiro atoms. The van der Waals surface area contributed by atoms with Crippen LogP contribution in [0, 0.1) is 0 Å². The van der Waals surface area contributed by atoms with Gasteiger partial charge in [0.05, 0.1) is 34.2 Å². The number of methoxy groups -OCH3 is 4. The van der Waals surface area contributed by atoms with Crippen molar-refractivity contribution in [3.8, 4) is 17.2 Å². The SMILES string of the molecule is COC(=O)/C(C1=NC(=NC(=O)c2cc(OC)c(OC)c(OC)c2)c2ccccc21)=C(\C)O. The van der Waals surface area contributed by atoms with Crippen molar-refractivity contribution in [2.75, 3.05) is 28.4 Å². The third kappa shape index (κ3) is 4.04. The van der Waals surface area contributed by atoms with Crippen molar-refractivity contribution in [3.05, 3.63) is 64.4 Å². The number of aliphatic hydroxyl groups excluding tert-OH is 1. The van der Waals surface area contributed by atoms with Crippen LogP contribution in [0.2, 0.25) is 0 Å². The predicted molar refractivity (Wildman–Crippen MR) is 117 cm³/mol. The number of carbonyl (C=O) groups excluding carboxylic acids is 2. The number of allylic oxidation sites excluding steroid dienone is 1. The average Bonchev–Trinajstić information content (AvgIpc) is 3.15. The molecule has 0 unspecified atom stereocenters. The Morgan fingerprint density at radius 2 is 1.53 bits per heavy atom. The fraction of sp³-hybridized carbons (Fsp3) is 0.217. The van der Waals surface area contributed by atoms with Gasteiger partial charge in [0.25, 0.3) is 5.91 Å². The van der Waals surface area contributed by atoms with Gasteiger partial charge in [-0.15, -0.1) is 0 Å². The molecule has 0 saturated heterocycles. The van der Waals surface area contributed by atoms with Crippen molar-refractivity contribution < 1.29 is 33.6 Å². The summed E-state index contributed by atoms with van der Waals surface area (Å²) in [6, 6.07) is 9.90. The normalized spacial score (nSPS) is 14.3. The van der Waals surface area contributed by atoms with Crippen LogP contribution in [-0.2, 0) is 9.53 Å². The van der Waals surface area contributed by atoms with Gasteiger partial charge < -0.3 is 24.1 Å². The minimum atomic E-state index is -0.754. The molecule has 1 aliphatic rings. The quantitative estimate of drug-likeness (QED) is 0.418. The van der Waals surface area contributed by atoms with E-state index in [9.17, 15) is 14.7 Å². The Kier molecular flexibility index (Phi) is 6.58. The van der Waals surface area contributed by atoms with Crippen molar-refractivity contribution in [1.29, 1.82) is 0 Å². The first-order valence-electron chi connectivity index (χ1n) is 9.46. The van der Waals surface area contributed by atoms with Gasteiger partial charge in [0, 0.05) is 16.7 Å². The average molecular weight is 438 g/mol. The number of carbonyl (C=O) groups is 2. The standard InChI is InChI=1S/C23H22N2O7/c1-12(26)18(23(28)32-5)19-14-8-6-7-9-15(14)21(24-19)25-22(27)13-10-16(29-2)20(31-4)17(11-13)30-3/h6-11,26H,1-5H3/b18-12+,25-21?. The van der Waals surface area contributed by atoms with Gasteiger partial charge in [0.15, 0.2) is 17.3 Å². The molecular formula is C23H22N2O7. The second-order valence-electron chi connectivity index (χ2n) is 6.61. The number of fused-ring (bicyclic) bond motifs is 1. The topological polar surface area (TPSA) is 116 Å². The Morgan fingerprint density at radius 3 is 2.03 bits per heavy atom. The summed E-state index contributed by atoms with van der Waals surface area (Å²) in [7, 11) is 5.55. The van der Waals surface area contributed by atoms with Gasteiger partial charge in [-0.2, -0.15) is 4.99 Å². The van der Waals surface area contributed by atoms with E-state index in [0.29, 0.717) is 28.4 Å². The molecule has 2 aromatic rings. The van der Waals surface area contributed by atoms with Crippen LogP contribution in [-0.4, -0.2) is 57.0 Å². The minimum Gasteiger partial charge on any atom is -0.512 e. The fourth-order valence-corrected chi connectivity index (χ4v) is 3.27. The third-order valence-corrected chi connectivity index (χ3v) is 4.75. The second-order valence-corrected chi connectivity index (χ2v) is 6.61. The second kappa shape index (κ2) is 9.34. The van der Waals surface area contributed by atoms with Gasteiger partial charge in [-0.3, -0.25) is 4.79 Å². The summed E-state index contributed by atoms with van der Waals surface area (Å²) >= 11 is 0. The number of amides is 1. The van der Waals surface area contributed by atoms with Crippen LogP contribution in [0.15, 0.2) is 57.7 Å². The van der Waals surface area contributed by atoms with Crippen LogP contribution >= 0.6 is 0 Å². The summed E-state index contributed by atoms with van der Waals surface area (Å²) in [5, 5.41) is 10.1. The van der Waals surface area contributed by atoms with Gasteiger partial charge in [0.2, 0.25) is 5.75 Å². The van der Waals surface area contributed by atoms with E-state index in [4.69, 9.17) is 18.9 Å². The lowest BCUT2D eigenvalue weighted by atomic mass is 9.99. The Hall–Kier alpha value is -4.14. The highest BCUT2D eigenvalue weighted by Gasteiger charge is 2.30. The molecule has 9 heteroatoms. The zero-order valence-corrected chi connectivity index (χ0v) is 18.3. The number of amidine groups is 1. The van der Waals surface area contributed by atoms with Gasteiger partial charge >= 0.3 is 5.97 Å². The van der Waals surface area contributed by atoms with Crippen molar-refractivity contribution >= 4 is 23.4 Å². The highest BCUT2D eigenvalue weighted by Crippen LogP contribution is 2.38. The molecule has 0 fully saturated rings. The van der Waals surface area contributed by atoms with Crippen LogP contribution < -0.4 is 14.2 Å². The zero-order chi connectivity index (χ0) is 23.4. The number of aliphatic hydroxyl groups is 1. The number of esters is 1. The van der Waals surface area contributed by atoms with E-state index in [1.165, 1.54) is 47.5 Å². The molecule has 3 rings (SSSR count). The highest BCUT2D eigenvalue weighted by molar-refractivity contribution is 6.36. The molecule has 1 aliphatic heterocycles. The van der Waals surface area contributed by atoms with E-state index < -0.39 is 11.9 Å². The molecule has 0 aromatic heterocycles. The van der Waals surface area contributed by atoms with Crippen LogP contribution in [0.3, 0.4) is 0 Å². The molecule has 0 bridgehead atoms. The molecule has 0 radical (unpaired) electrons. The van der Waals surface area contributed by atoms with Crippen molar-refractivity contribution in [2.24, 2.45) is 9.98 Å². The number of benzene rings is 2. The molecule has 1 amide bonds. The van der Waals surface area contributed by atoms with E-state index in [1.807, 2.05) is 0 Å². The monoisotopic (exact) mass is 438 g/mol. The number of aliphatic imine (C=N–C) groups is 2. The first kappa shape index (κ1) is 22.5. The summed E-state index contributed by atoms with van der Waals surface area (Å²) in [5.41, 5.74) is 1.33. The maximum absolute atomic E-state index is 13.0. The largest absolute Gasteiger partial charge is 0.512 e. The Labute approximate surface area is 184 Å². The van der Waals surface area contributed by atoms with Crippen LogP contribution in [0.4, 0.5) is 0 Å². The van der Waals surface area contributed by atoms with Crippen LogP contribution in [0.25, 0.3) is 0 Å². The Bertz CT molecular complexity index is 1150. The molecule has 0 aliphatic carbocycles. The zero-order valence-electron chi connectivity index (χ0n) is 18.3. The number of hydrogen-bond acceptors (Lipinski definition) is 7. The lowest BCUT2D eigenvalue weighted by molar-refractivity contribution is -0.135. The van der Waals surface area contributed by atoms with Crippen LogP contribution in [0.5, 0.6) is 17.2 Å². The number of nitrogens with zero attached hydrogens (tertiary/aromatic N) is 2. The smallest absolute Gasteiger partial charge is 0.343 e. The maximum atomic E-state index is 13.0. The number of ether oxygens (including phenoxy) is 4. The lowest BCUT2D eigenvalue weighted by Crippen LogP contribution is -2.16. The first-order valence-corrected chi connectivity index (χ1v) is 9.46. The van der Waals surface area contributed by atoms with Crippen molar-refractivity contribution in [2.45, 2.75) is 6.92 Å². The molecule has 1 N–H and O–H groups in total. The Balaban J connectivity index is 2.13. The van der Waals surface area contributed by atoms with Crippen molar-refractivity contribution in [1.82, 2.24) is 0 Å². The summed E-state index contributed by atoms with van der Waals surface area (Å²) in [6.07, 6.45) is 0. The van der Waals surface area contributed by atoms with Gasteiger partial charge in [-0.25, -0.2) is 9.79 Å². The first-order chi connectivity index (χ1) is 15.4. The van der Waals surface area contributed by atoms with Crippen molar-refractivity contribution in [3.63, 3.8) is 0 Å². The van der Waals surface area contributed by atoms with E-state index in [-0.39, 0.29) is 28.4 Å². The third-order valence-electron chi connectivity index (χ3n) is 4.75. The summed E-state index contributed by atoms with van der Waals surface area (Å²) in [5.74, 6) is -0.577. The maximum Gasteiger partial charge on any atom is 0.343 e. The highest BCUT2D eigenvalue weighted by atomic mass is 16.5. The summed E-state index contributed by atoms with van der Waals surface area (Å²) in [6.45, 7) is 1.35. The molecular weight excluding hydrogens is 416 g/mol. The van der Waals surface area contributed by atoms with E-state index in [1.54, 1.807) is 24.3 Å². The van der Waals surface area contributed by atoms with E-state index in [0.717, 1.165) is 0 Å². The Morgan fingerprint density at radius 1 is 0.938 bits per heavy atom. The van der Waals surface area contributed by atoms with Gasteiger partial charge in [-0.05, 0) is 19.1 Å². The molecule has 166 valence electrons. The molecule has 1 heterocycles. The summed E-state index contributed by atoms with van der Waals surface area (Å²) in [4.78, 5) is 33.7. The molecule has 0 atom stereocenters. The van der Waals surface area contributed by atoms with Crippen LogP contribution in [0.1, 0.15) is 28.4 Å². The predicted octanol–water partition coefficient (Wildman–Crippen LogP) is 3.11. The molecule has 0 saturated carbocycles. The minimum absolute atomic E-state index is 0.0944. The summed E-state index contributed by atoms with van der Waals surface area (Å²) < 4.78 is 20.6.